The molecule has 0 unspecified atom stereocenters. The number of hydrogen-bond acceptors (Lipinski definition) is 8. The summed E-state index contributed by atoms with van der Waals surface area (Å²) in [6.45, 7) is 6.00. The van der Waals surface area contributed by atoms with Gasteiger partial charge in [0.25, 0.3) is 0 Å². The topological polar surface area (TPSA) is 125 Å². The van der Waals surface area contributed by atoms with Crippen molar-refractivity contribution in [3.63, 3.8) is 0 Å². The molecule has 6 rings (SSSR count). The van der Waals surface area contributed by atoms with Crippen LogP contribution in [0.15, 0.2) is 71.0 Å². The van der Waals surface area contributed by atoms with Crippen LogP contribution in [0.1, 0.15) is 30.4 Å². The van der Waals surface area contributed by atoms with Crippen molar-refractivity contribution in [1.82, 2.24) is 29.2 Å². The molecule has 2 saturated heterocycles. The number of nitrogens with one attached hydrogen (secondary N) is 2. The van der Waals surface area contributed by atoms with Gasteiger partial charge in [-0.1, -0.05) is 24.3 Å². The van der Waals surface area contributed by atoms with Gasteiger partial charge in [0.15, 0.2) is 0 Å². The minimum absolute atomic E-state index is 0.223. The van der Waals surface area contributed by atoms with E-state index in [9.17, 15) is 16.8 Å². The first-order valence-electron chi connectivity index (χ1n) is 14.6. The molecule has 2 aliphatic heterocycles. The maximum absolute atomic E-state index is 13.1. The number of pyridine rings is 2. The highest BCUT2D eigenvalue weighted by atomic mass is 32.2. The lowest BCUT2D eigenvalue weighted by molar-refractivity contribution is 0.293. The fourth-order valence-corrected chi connectivity index (χ4v) is 9.63. The summed E-state index contributed by atoms with van der Waals surface area (Å²) in [7, 11) is -3.20. The van der Waals surface area contributed by atoms with Gasteiger partial charge in [-0.25, -0.2) is 16.8 Å². The first-order valence-corrected chi connectivity index (χ1v) is 17.5. The molecule has 2 aromatic heterocycles. The molecule has 0 radical (unpaired) electrons. The second-order valence-corrected chi connectivity index (χ2v) is 15.1. The van der Waals surface area contributed by atoms with E-state index < -0.39 is 20.0 Å². The van der Waals surface area contributed by atoms with Crippen molar-refractivity contribution in [2.24, 2.45) is 0 Å². The van der Waals surface area contributed by atoms with E-state index in [2.05, 4.69) is 20.6 Å². The van der Waals surface area contributed by atoms with E-state index in [4.69, 9.17) is 0 Å². The standard InChI is InChI=1S/C16H21N3O2S.C15H19N3O2S/c1-12-9-18-10-13-5-3-7-15(16(12)13)22(20,21)19-8-4-6-14(11-19)17-2;1-11-8-17-9-12-4-3-5-14(15(11)12)21(19,20)18-7-6-13(10-18)16-2/h3,5,7,9-10,14,17H,4,6,8,11H2,1-2H3;3-5,8-9,13,16H,6-7,10H2,1-2H3/t14-;13-/m11/s1. The number of hydrogen-bond donors (Lipinski definition) is 2. The first-order chi connectivity index (χ1) is 20.6. The van der Waals surface area contributed by atoms with Gasteiger partial charge in [0.05, 0.1) is 9.79 Å². The lowest BCUT2D eigenvalue weighted by Gasteiger charge is -2.32. The molecule has 0 saturated carbocycles. The number of nitrogens with zero attached hydrogens (tertiary/aromatic N) is 4. The molecule has 12 heteroatoms. The maximum atomic E-state index is 13.1. The zero-order chi connectivity index (χ0) is 30.8. The average molecular weight is 625 g/mol. The number of fused-ring (bicyclic) bond motifs is 2. The van der Waals surface area contributed by atoms with Gasteiger partial charge in [-0.3, -0.25) is 9.97 Å². The van der Waals surface area contributed by atoms with Crippen molar-refractivity contribution in [3.8, 4) is 0 Å². The highest BCUT2D eigenvalue weighted by Crippen LogP contribution is 2.31. The average Bonchev–Trinajstić information content (AvgIpc) is 3.52. The number of aromatic nitrogens is 2. The number of rotatable bonds is 6. The summed E-state index contributed by atoms with van der Waals surface area (Å²) in [5, 5.41) is 9.63. The van der Waals surface area contributed by atoms with Crippen LogP contribution < -0.4 is 10.6 Å². The van der Waals surface area contributed by atoms with Crippen LogP contribution in [0.4, 0.5) is 0 Å². The first kappa shape index (κ1) is 31.4. The molecule has 10 nitrogen and oxygen atoms in total. The molecule has 4 heterocycles. The Hall–Kier alpha value is -3.00. The number of aryl methyl sites for hydroxylation is 2. The van der Waals surface area contributed by atoms with E-state index in [0.717, 1.165) is 51.9 Å². The quantitative estimate of drug-likeness (QED) is 0.335. The van der Waals surface area contributed by atoms with Gasteiger partial charge in [0.2, 0.25) is 20.0 Å². The molecule has 4 aromatic rings. The number of benzene rings is 2. The van der Waals surface area contributed by atoms with Gasteiger partial charge in [0, 0.05) is 84.6 Å². The zero-order valence-electron chi connectivity index (χ0n) is 25.1. The van der Waals surface area contributed by atoms with Crippen LogP contribution in [0.2, 0.25) is 0 Å². The Bertz CT molecular complexity index is 1820. The summed E-state index contributed by atoms with van der Waals surface area (Å²) < 4.78 is 55.2. The fourth-order valence-electron chi connectivity index (χ4n) is 6.03. The molecule has 2 atom stereocenters. The monoisotopic (exact) mass is 624 g/mol. The van der Waals surface area contributed by atoms with Crippen molar-refractivity contribution in [3.05, 3.63) is 72.3 Å². The van der Waals surface area contributed by atoms with Crippen LogP contribution >= 0.6 is 0 Å². The van der Waals surface area contributed by atoms with Crippen LogP contribution in [-0.4, -0.2) is 87.8 Å². The maximum Gasteiger partial charge on any atom is 0.243 e. The van der Waals surface area contributed by atoms with Crippen LogP contribution in [0.3, 0.4) is 0 Å². The normalized spacial score (nSPS) is 20.3. The Balaban J connectivity index is 0.000000171. The van der Waals surface area contributed by atoms with E-state index in [1.165, 1.54) is 0 Å². The van der Waals surface area contributed by atoms with E-state index in [0.29, 0.717) is 36.0 Å². The molecule has 2 aliphatic rings. The van der Waals surface area contributed by atoms with Gasteiger partial charge in [-0.15, -0.1) is 0 Å². The molecule has 2 aromatic carbocycles. The van der Waals surface area contributed by atoms with E-state index in [-0.39, 0.29) is 12.1 Å². The summed E-state index contributed by atoms with van der Waals surface area (Å²) in [6.07, 6.45) is 9.60. The van der Waals surface area contributed by atoms with Crippen LogP contribution in [0, 0.1) is 13.8 Å². The molecule has 230 valence electrons. The predicted molar refractivity (Wildman–Crippen MR) is 170 cm³/mol. The third kappa shape index (κ3) is 6.31. The van der Waals surface area contributed by atoms with Gasteiger partial charge >= 0.3 is 0 Å². The van der Waals surface area contributed by atoms with Crippen molar-refractivity contribution >= 4 is 41.6 Å². The molecule has 0 spiro atoms. The van der Waals surface area contributed by atoms with Gasteiger partial charge in [-0.2, -0.15) is 8.61 Å². The van der Waals surface area contributed by atoms with Gasteiger partial charge < -0.3 is 10.6 Å². The number of piperidine rings is 1. The largest absolute Gasteiger partial charge is 0.316 e. The smallest absolute Gasteiger partial charge is 0.243 e. The van der Waals surface area contributed by atoms with Crippen molar-refractivity contribution in [2.75, 3.05) is 40.3 Å². The lowest BCUT2D eigenvalue weighted by Crippen LogP contribution is -2.46. The van der Waals surface area contributed by atoms with E-state index in [1.54, 1.807) is 57.7 Å². The number of sulfonamides is 2. The molecule has 43 heavy (non-hydrogen) atoms. The second kappa shape index (κ2) is 12.9. The Kier molecular flexibility index (Phi) is 9.45. The van der Waals surface area contributed by atoms with Gasteiger partial charge in [0.1, 0.15) is 0 Å². The Morgan fingerprint density at radius 3 is 1.60 bits per heavy atom. The second-order valence-electron chi connectivity index (χ2n) is 11.2. The third-order valence-corrected chi connectivity index (χ3v) is 12.3. The minimum atomic E-state index is -3.49. The van der Waals surface area contributed by atoms with E-state index in [1.807, 2.05) is 40.1 Å². The summed E-state index contributed by atoms with van der Waals surface area (Å²) >= 11 is 0. The number of likely N-dealkylation sites (N-methyl/N-ethyl adjacent to an activating group) is 2. The third-order valence-electron chi connectivity index (χ3n) is 8.46. The fraction of sp³-hybridized carbons (Fsp3) is 0.419. The molecule has 0 amide bonds. The molecule has 0 bridgehead atoms. The summed E-state index contributed by atoms with van der Waals surface area (Å²) in [5.74, 6) is 0. The molecular formula is C31H40N6O4S2. The molecule has 2 fully saturated rings. The summed E-state index contributed by atoms with van der Waals surface area (Å²) in [6, 6.07) is 11.2. The van der Waals surface area contributed by atoms with Crippen molar-refractivity contribution in [2.45, 2.75) is 55.0 Å². The van der Waals surface area contributed by atoms with E-state index >= 15 is 0 Å². The van der Waals surface area contributed by atoms with Crippen LogP contribution in [-0.2, 0) is 20.0 Å². The Morgan fingerprint density at radius 1 is 0.674 bits per heavy atom. The zero-order valence-corrected chi connectivity index (χ0v) is 26.7. The molecule has 2 N–H and O–H groups in total. The molecular weight excluding hydrogens is 585 g/mol. The Morgan fingerprint density at radius 2 is 1.14 bits per heavy atom. The van der Waals surface area contributed by atoms with Crippen molar-refractivity contribution in [1.29, 1.82) is 0 Å². The minimum Gasteiger partial charge on any atom is -0.316 e. The highest BCUT2D eigenvalue weighted by molar-refractivity contribution is 7.89. The van der Waals surface area contributed by atoms with Crippen LogP contribution in [0.5, 0.6) is 0 Å². The van der Waals surface area contributed by atoms with Crippen molar-refractivity contribution < 1.29 is 16.8 Å². The predicted octanol–water partition coefficient (Wildman–Crippen LogP) is 3.44. The molecule has 0 aliphatic carbocycles. The Labute approximate surface area is 254 Å². The SMILES string of the molecule is CN[C@@H]1CCCN(S(=O)(=O)c2cccc3cncc(C)c23)C1.CN[C@@H]1CCN(S(=O)(=O)c2cccc3cncc(C)c23)C1. The van der Waals surface area contributed by atoms with Gasteiger partial charge in [-0.05, 0) is 70.5 Å². The van der Waals surface area contributed by atoms with Crippen LogP contribution in [0.25, 0.3) is 21.5 Å². The summed E-state index contributed by atoms with van der Waals surface area (Å²) in [4.78, 5) is 9.07. The highest BCUT2D eigenvalue weighted by Gasteiger charge is 2.33. The lowest BCUT2D eigenvalue weighted by atomic mass is 10.1. The summed E-state index contributed by atoms with van der Waals surface area (Å²) in [5.41, 5.74) is 1.77.